The van der Waals surface area contributed by atoms with E-state index in [0.29, 0.717) is 0 Å². The van der Waals surface area contributed by atoms with Crippen molar-refractivity contribution in [3.8, 4) is 0 Å². The van der Waals surface area contributed by atoms with Crippen molar-refractivity contribution in [1.82, 2.24) is 10.2 Å². The Kier molecular flexibility index (Phi) is 4.47. The number of nitrogens with zero attached hydrogens (tertiary/aromatic N) is 1. The van der Waals surface area contributed by atoms with Crippen LogP contribution in [0.2, 0.25) is 0 Å². The van der Waals surface area contributed by atoms with Gasteiger partial charge in [-0.3, -0.25) is 4.79 Å². The van der Waals surface area contributed by atoms with Crippen LogP contribution in [0, 0.1) is 11.6 Å². The molecule has 1 heterocycles. The quantitative estimate of drug-likeness (QED) is 0.911. The van der Waals surface area contributed by atoms with Crippen LogP contribution in [0.1, 0.15) is 30.1 Å². The summed E-state index contributed by atoms with van der Waals surface area (Å²) in [4.78, 5) is 14.2. The lowest BCUT2D eigenvalue weighted by atomic mass is 10.0. The average molecular weight is 268 g/mol. The molecule has 0 atom stereocenters. The normalized spacial score (nSPS) is 17.4. The second-order valence-electron chi connectivity index (χ2n) is 4.78. The number of carbonyl (C=O) groups is 1. The topological polar surface area (TPSA) is 32.3 Å². The predicted molar refractivity (Wildman–Crippen MR) is 69.0 cm³/mol. The van der Waals surface area contributed by atoms with Gasteiger partial charge in [-0.25, -0.2) is 8.78 Å². The molecule has 1 amide bonds. The third-order valence-corrected chi connectivity index (χ3v) is 3.56. The van der Waals surface area contributed by atoms with Crippen molar-refractivity contribution in [1.29, 1.82) is 0 Å². The third kappa shape index (κ3) is 3.29. The highest BCUT2D eigenvalue weighted by Gasteiger charge is 2.23. The molecule has 0 radical (unpaired) electrons. The van der Waals surface area contributed by atoms with Gasteiger partial charge in [-0.05, 0) is 31.5 Å². The zero-order valence-electron chi connectivity index (χ0n) is 11.0. The molecular weight excluding hydrogens is 250 g/mol. The minimum absolute atomic E-state index is 0.00527. The van der Waals surface area contributed by atoms with Gasteiger partial charge in [0.25, 0.3) is 5.91 Å². The second kappa shape index (κ2) is 6.10. The van der Waals surface area contributed by atoms with Crippen molar-refractivity contribution in [2.75, 3.05) is 19.6 Å². The van der Waals surface area contributed by atoms with Gasteiger partial charge in [0.2, 0.25) is 0 Å². The van der Waals surface area contributed by atoms with Gasteiger partial charge >= 0.3 is 0 Å². The van der Waals surface area contributed by atoms with Crippen LogP contribution < -0.4 is 5.32 Å². The van der Waals surface area contributed by atoms with Crippen LogP contribution in [-0.2, 0) is 0 Å². The summed E-state index contributed by atoms with van der Waals surface area (Å²) in [5, 5.41) is 2.72. The van der Waals surface area contributed by atoms with Crippen molar-refractivity contribution in [2.24, 2.45) is 0 Å². The maximum atomic E-state index is 13.5. The summed E-state index contributed by atoms with van der Waals surface area (Å²) in [5.74, 6) is -2.29. The van der Waals surface area contributed by atoms with Crippen molar-refractivity contribution in [3.05, 3.63) is 35.4 Å². The Morgan fingerprint density at radius 2 is 1.89 bits per heavy atom. The summed E-state index contributed by atoms with van der Waals surface area (Å²) < 4.78 is 26.9. The van der Waals surface area contributed by atoms with Gasteiger partial charge in [0.1, 0.15) is 17.2 Å². The van der Waals surface area contributed by atoms with E-state index < -0.39 is 23.1 Å². The summed E-state index contributed by atoms with van der Waals surface area (Å²) in [6, 6.07) is 3.44. The molecular formula is C14H18F2N2O. The Balaban J connectivity index is 1.98. The highest BCUT2D eigenvalue weighted by Crippen LogP contribution is 2.14. The van der Waals surface area contributed by atoms with Gasteiger partial charge in [0, 0.05) is 19.1 Å². The number of rotatable bonds is 3. The first-order valence-corrected chi connectivity index (χ1v) is 6.59. The largest absolute Gasteiger partial charge is 0.349 e. The molecule has 0 aromatic heterocycles. The van der Waals surface area contributed by atoms with E-state index in [1.165, 1.54) is 6.07 Å². The Hall–Kier alpha value is -1.49. The molecule has 0 saturated carbocycles. The van der Waals surface area contributed by atoms with Crippen LogP contribution in [-0.4, -0.2) is 36.5 Å². The van der Waals surface area contributed by atoms with Crippen LogP contribution in [0.5, 0.6) is 0 Å². The maximum Gasteiger partial charge on any atom is 0.257 e. The van der Waals surface area contributed by atoms with Crippen molar-refractivity contribution in [2.45, 2.75) is 25.8 Å². The predicted octanol–water partition coefficient (Wildman–Crippen LogP) is 2.18. The number of amides is 1. The van der Waals surface area contributed by atoms with Crippen molar-refractivity contribution >= 4 is 5.91 Å². The SMILES string of the molecule is CCN1CCC(NC(=O)c2c(F)cccc2F)CC1. The molecule has 3 nitrogen and oxygen atoms in total. The van der Waals surface area contributed by atoms with Gasteiger partial charge in [0.15, 0.2) is 0 Å². The molecule has 5 heteroatoms. The summed E-state index contributed by atoms with van der Waals surface area (Å²) in [7, 11) is 0. The lowest BCUT2D eigenvalue weighted by molar-refractivity contribution is 0.0904. The molecule has 1 aromatic carbocycles. The molecule has 1 saturated heterocycles. The maximum absolute atomic E-state index is 13.5. The molecule has 19 heavy (non-hydrogen) atoms. The highest BCUT2D eigenvalue weighted by molar-refractivity contribution is 5.94. The Morgan fingerprint density at radius 3 is 2.42 bits per heavy atom. The Morgan fingerprint density at radius 1 is 1.32 bits per heavy atom. The van der Waals surface area contributed by atoms with E-state index in [0.717, 1.165) is 44.6 Å². The number of benzene rings is 1. The van der Waals surface area contributed by atoms with Crippen LogP contribution in [0.4, 0.5) is 8.78 Å². The molecule has 0 unspecified atom stereocenters. The highest BCUT2D eigenvalue weighted by atomic mass is 19.1. The third-order valence-electron chi connectivity index (χ3n) is 3.56. The van der Waals surface area contributed by atoms with E-state index >= 15 is 0 Å². The molecule has 104 valence electrons. The van der Waals surface area contributed by atoms with Crippen molar-refractivity contribution in [3.63, 3.8) is 0 Å². The van der Waals surface area contributed by atoms with Gasteiger partial charge in [-0.1, -0.05) is 13.0 Å². The standard InChI is InChI=1S/C14H18F2N2O/c1-2-18-8-6-10(7-9-18)17-14(19)13-11(15)4-3-5-12(13)16/h3-5,10H,2,6-9H2,1H3,(H,17,19). The van der Waals surface area contributed by atoms with E-state index in [2.05, 4.69) is 17.1 Å². The van der Waals surface area contributed by atoms with Crippen LogP contribution in [0.25, 0.3) is 0 Å². The molecule has 1 fully saturated rings. The summed E-state index contributed by atoms with van der Waals surface area (Å²) in [6.45, 7) is 4.89. The van der Waals surface area contributed by atoms with E-state index in [1.807, 2.05) is 0 Å². The molecule has 1 aliphatic rings. The van der Waals surface area contributed by atoms with E-state index in [-0.39, 0.29) is 6.04 Å². The number of nitrogens with one attached hydrogen (secondary N) is 1. The molecule has 0 bridgehead atoms. The molecule has 2 rings (SSSR count). The fraction of sp³-hybridized carbons (Fsp3) is 0.500. The zero-order valence-corrected chi connectivity index (χ0v) is 11.0. The zero-order chi connectivity index (χ0) is 13.8. The first-order valence-electron chi connectivity index (χ1n) is 6.59. The number of likely N-dealkylation sites (tertiary alicyclic amines) is 1. The van der Waals surface area contributed by atoms with Gasteiger partial charge in [-0.15, -0.1) is 0 Å². The molecule has 1 aliphatic heterocycles. The Labute approximate surface area is 111 Å². The van der Waals surface area contributed by atoms with Crippen LogP contribution in [0.3, 0.4) is 0 Å². The van der Waals surface area contributed by atoms with Crippen LogP contribution >= 0.6 is 0 Å². The lowest BCUT2D eigenvalue weighted by Crippen LogP contribution is -2.44. The smallest absolute Gasteiger partial charge is 0.257 e. The van der Waals surface area contributed by atoms with E-state index in [4.69, 9.17) is 0 Å². The number of carbonyl (C=O) groups excluding carboxylic acids is 1. The monoisotopic (exact) mass is 268 g/mol. The number of piperidine rings is 1. The molecule has 1 N–H and O–H groups in total. The minimum Gasteiger partial charge on any atom is -0.349 e. The van der Waals surface area contributed by atoms with Crippen molar-refractivity contribution < 1.29 is 13.6 Å². The number of hydrogen-bond acceptors (Lipinski definition) is 2. The van der Waals surface area contributed by atoms with Gasteiger partial charge in [0.05, 0.1) is 0 Å². The summed E-state index contributed by atoms with van der Waals surface area (Å²) in [6.07, 6.45) is 1.63. The Bertz CT molecular complexity index is 437. The summed E-state index contributed by atoms with van der Waals surface area (Å²) >= 11 is 0. The number of halogens is 2. The van der Waals surface area contributed by atoms with Gasteiger partial charge in [-0.2, -0.15) is 0 Å². The summed E-state index contributed by atoms with van der Waals surface area (Å²) in [5.41, 5.74) is -0.486. The number of hydrogen-bond donors (Lipinski definition) is 1. The minimum atomic E-state index is -0.816. The van der Waals surface area contributed by atoms with Gasteiger partial charge < -0.3 is 10.2 Å². The fourth-order valence-corrected chi connectivity index (χ4v) is 2.37. The molecule has 1 aromatic rings. The second-order valence-corrected chi connectivity index (χ2v) is 4.78. The first-order chi connectivity index (χ1) is 9.11. The van der Waals surface area contributed by atoms with E-state index in [1.54, 1.807) is 0 Å². The lowest BCUT2D eigenvalue weighted by Gasteiger charge is -2.31. The molecule has 0 aliphatic carbocycles. The van der Waals surface area contributed by atoms with E-state index in [9.17, 15) is 13.6 Å². The van der Waals surface area contributed by atoms with Crippen LogP contribution in [0.15, 0.2) is 18.2 Å². The first kappa shape index (κ1) is 13.9. The average Bonchev–Trinajstić information content (AvgIpc) is 2.39. The molecule has 0 spiro atoms. The fourth-order valence-electron chi connectivity index (χ4n) is 2.37.